The number of benzene rings is 2. The van der Waals surface area contributed by atoms with Gasteiger partial charge in [-0.05, 0) is 43.5 Å². The van der Waals surface area contributed by atoms with Crippen molar-refractivity contribution in [3.63, 3.8) is 0 Å². The molecule has 0 spiro atoms. The van der Waals surface area contributed by atoms with Crippen LogP contribution in [0, 0.1) is 0 Å². The van der Waals surface area contributed by atoms with E-state index in [9.17, 15) is 4.79 Å². The van der Waals surface area contributed by atoms with E-state index in [1.54, 1.807) is 0 Å². The van der Waals surface area contributed by atoms with Crippen LogP contribution in [0.25, 0.3) is 0 Å². The molecule has 1 aliphatic rings. The first-order chi connectivity index (χ1) is 12.8. The summed E-state index contributed by atoms with van der Waals surface area (Å²) >= 11 is 0. The van der Waals surface area contributed by atoms with Gasteiger partial charge in [0, 0.05) is 24.9 Å². The number of nitrogens with zero attached hydrogens (tertiary/aromatic N) is 1. The molecule has 3 rings (SSSR count). The molecule has 1 aliphatic heterocycles. The molecular formula is C23H30N2O. The highest BCUT2D eigenvalue weighted by atomic mass is 16.2. The van der Waals surface area contributed by atoms with Gasteiger partial charge in [0.25, 0.3) is 0 Å². The minimum atomic E-state index is 0.325. The highest BCUT2D eigenvalue weighted by Crippen LogP contribution is 2.30. The second-order valence-electron chi connectivity index (χ2n) is 7.08. The van der Waals surface area contributed by atoms with Crippen LogP contribution in [0.4, 0.5) is 0 Å². The molecule has 2 aromatic rings. The molecule has 1 atom stereocenters. The second-order valence-corrected chi connectivity index (χ2v) is 7.08. The van der Waals surface area contributed by atoms with Gasteiger partial charge in [0.2, 0.25) is 5.91 Å². The van der Waals surface area contributed by atoms with Crippen molar-refractivity contribution in [3.05, 3.63) is 71.8 Å². The van der Waals surface area contributed by atoms with Gasteiger partial charge in [0.1, 0.15) is 0 Å². The van der Waals surface area contributed by atoms with Crippen molar-refractivity contribution in [2.75, 3.05) is 19.6 Å². The van der Waals surface area contributed by atoms with Gasteiger partial charge >= 0.3 is 0 Å². The van der Waals surface area contributed by atoms with Gasteiger partial charge in [-0.2, -0.15) is 0 Å². The number of rotatable bonds is 9. The van der Waals surface area contributed by atoms with E-state index in [1.807, 2.05) is 0 Å². The molecular weight excluding hydrogens is 320 g/mol. The summed E-state index contributed by atoms with van der Waals surface area (Å²) in [6.07, 6.45) is 3.74. The molecule has 26 heavy (non-hydrogen) atoms. The zero-order valence-electron chi connectivity index (χ0n) is 15.7. The molecule has 0 radical (unpaired) electrons. The van der Waals surface area contributed by atoms with Crippen LogP contribution in [0.1, 0.15) is 49.7 Å². The quantitative estimate of drug-likeness (QED) is 0.688. The van der Waals surface area contributed by atoms with Crippen LogP contribution < -0.4 is 5.32 Å². The molecule has 1 heterocycles. The Morgan fingerprint density at radius 1 is 1.04 bits per heavy atom. The van der Waals surface area contributed by atoms with E-state index >= 15 is 0 Å². The van der Waals surface area contributed by atoms with Gasteiger partial charge in [0.15, 0.2) is 0 Å². The van der Waals surface area contributed by atoms with Crippen LogP contribution in [-0.4, -0.2) is 36.5 Å². The van der Waals surface area contributed by atoms with Crippen molar-refractivity contribution < 1.29 is 4.79 Å². The third-order valence-corrected chi connectivity index (χ3v) is 5.42. The van der Waals surface area contributed by atoms with E-state index < -0.39 is 0 Å². The summed E-state index contributed by atoms with van der Waals surface area (Å²) in [5, 5.41) is 3.39. The summed E-state index contributed by atoms with van der Waals surface area (Å²) in [5.74, 6) is 0.659. The molecule has 0 aromatic heterocycles. The average molecular weight is 351 g/mol. The zero-order chi connectivity index (χ0) is 18.2. The van der Waals surface area contributed by atoms with Crippen LogP contribution >= 0.6 is 0 Å². The summed E-state index contributed by atoms with van der Waals surface area (Å²) in [6.45, 7) is 4.95. The Morgan fingerprint density at radius 2 is 1.65 bits per heavy atom. The summed E-state index contributed by atoms with van der Waals surface area (Å²) in [6, 6.07) is 21.7. The number of amides is 1. The third kappa shape index (κ3) is 4.73. The van der Waals surface area contributed by atoms with Crippen molar-refractivity contribution in [2.45, 2.75) is 44.6 Å². The van der Waals surface area contributed by atoms with Gasteiger partial charge < -0.3 is 10.2 Å². The van der Waals surface area contributed by atoms with Gasteiger partial charge in [-0.3, -0.25) is 4.79 Å². The van der Waals surface area contributed by atoms with E-state index in [4.69, 9.17) is 0 Å². The zero-order valence-corrected chi connectivity index (χ0v) is 15.7. The van der Waals surface area contributed by atoms with Crippen molar-refractivity contribution in [1.29, 1.82) is 0 Å². The Kier molecular flexibility index (Phi) is 6.84. The lowest BCUT2D eigenvalue weighted by Gasteiger charge is -2.27. The summed E-state index contributed by atoms with van der Waals surface area (Å²) < 4.78 is 0. The predicted octanol–water partition coefficient (Wildman–Crippen LogP) is 4.20. The van der Waals surface area contributed by atoms with Gasteiger partial charge in [-0.15, -0.1) is 0 Å². The van der Waals surface area contributed by atoms with E-state index in [0.717, 1.165) is 38.9 Å². The largest absolute Gasteiger partial charge is 0.340 e. The van der Waals surface area contributed by atoms with Crippen molar-refractivity contribution in [2.24, 2.45) is 0 Å². The molecule has 138 valence electrons. The maximum Gasteiger partial charge on any atom is 0.222 e. The summed E-state index contributed by atoms with van der Waals surface area (Å²) in [5.41, 5.74) is 2.66. The van der Waals surface area contributed by atoms with Crippen molar-refractivity contribution >= 4 is 5.91 Å². The monoisotopic (exact) mass is 350 g/mol. The number of likely N-dealkylation sites (tertiary alicyclic amines) is 1. The van der Waals surface area contributed by atoms with Gasteiger partial charge in [-0.25, -0.2) is 0 Å². The topological polar surface area (TPSA) is 32.3 Å². The second kappa shape index (κ2) is 9.54. The fraction of sp³-hybridized carbons (Fsp3) is 0.435. The molecule has 3 heteroatoms. The molecule has 1 N–H and O–H groups in total. The summed E-state index contributed by atoms with van der Waals surface area (Å²) in [4.78, 5) is 14.5. The van der Waals surface area contributed by atoms with Crippen LogP contribution in [0.5, 0.6) is 0 Å². The first-order valence-electron chi connectivity index (χ1n) is 9.89. The highest BCUT2D eigenvalue weighted by Gasteiger charge is 2.30. The van der Waals surface area contributed by atoms with E-state index in [1.165, 1.54) is 11.1 Å². The first-order valence-corrected chi connectivity index (χ1v) is 9.89. The molecule has 0 saturated carbocycles. The van der Waals surface area contributed by atoms with Gasteiger partial charge in [-0.1, -0.05) is 67.6 Å². The maximum absolute atomic E-state index is 12.4. The van der Waals surface area contributed by atoms with Crippen LogP contribution in [0.3, 0.4) is 0 Å². The van der Waals surface area contributed by atoms with E-state index in [-0.39, 0.29) is 0 Å². The fourth-order valence-corrected chi connectivity index (χ4v) is 4.01. The normalized spacial score (nSPS) is 17.2. The summed E-state index contributed by atoms with van der Waals surface area (Å²) in [7, 11) is 0. The van der Waals surface area contributed by atoms with Crippen LogP contribution in [0.2, 0.25) is 0 Å². The number of hydrogen-bond donors (Lipinski definition) is 1. The van der Waals surface area contributed by atoms with Crippen LogP contribution in [-0.2, 0) is 4.79 Å². The number of carbonyl (C=O) groups is 1. The molecule has 1 amide bonds. The lowest BCUT2D eigenvalue weighted by atomic mass is 9.88. The maximum atomic E-state index is 12.4. The standard InChI is InChI=1S/C23H30N2O/c1-2-24-17-15-21-13-14-23(26)25(21)18-16-22(19-9-5-3-6-10-19)20-11-7-4-8-12-20/h3-12,21-22,24H,2,13-18H2,1H3. The Labute approximate surface area is 157 Å². The average Bonchev–Trinajstić information content (AvgIpc) is 3.04. The predicted molar refractivity (Wildman–Crippen MR) is 107 cm³/mol. The number of nitrogens with one attached hydrogen (secondary N) is 1. The highest BCUT2D eigenvalue weighted by molar-refractivity contribution is 5.78. The minimum absolute atomic E-state index is 0.325. The van der Waals surface area contributed by atoms with Crippen LogP contribution in [0.15, 0.2) is 60.7 Å². The fourth-order valence-electron chi connectivity index (χ4n) is 4.01. The van der Waals surface area contributed by atoms with E-state index in [0.29, 0.717) is 24.3 Å². The minimum Gasteiger partial charge on any atom is -0.340 e. The molecule has 0 aliphatic carbocycles. The van der Waals surface area contributed by atoms with Gasteiger partial charge in [0.05, 0.1) is 0 Å². The molecule has 1 unspecified atom stereocenters. The lowest BCUT2D eigenvalue weighted by molar-refractivity contribution is -0.129. The van der Waals surface area contributed by atoms with E-state index in [2.05, 4.69) is 77.8 Å². The molecule has 1 fully saturated rings. The van der Waals surface area contributed by atoms with Crippen molar-refractivity contribution in [3.8, 4) is 0 Å². The Bertz CT molecular complexity index is 632. The molecule has 0 bridgehead atoms. The smallest absolute Gasteiger partial charge is 0.222 e. The Morgan fingerprint density at radius 3 is 2.23 bits per heavy atom. The lowest BCUT2D eigenvalue weighted by Crippen LogP contribution is -2.36. The third-order valence-electron chi connectivity index (χ3n) is 5.42. The first kappa shape index (κ1) is 18.7. The molecule has 3 nitrogen and oxygen atoms in total. The Hall–Kier alpha value is -2.13. The van der Waals surface area contributed by atoms with Crippen molar-refractivity contribution in [1.82, 2.24) is 10.2 Å². The molecule has 1 saturated heterocycles. The molecule has 2 aromatic carbocycles. The number of hydrogen-bond acceptors (Lipinski definition) is 2. The Balaban J connectivity index is 1.70. The number of carbonyl (C=O) groups excluding carboxylic acids is 1. The SMILES string of the molecule is CCNCCC1CCC(=O)N1CCC(c1ccccc1)c1ccccc1.